The molecule has 0 radical (unpaired) electrons. The summed E-state index contributed by atoms with van der Waals surface area (Å²) in [6.07, 6.45) is 0. The van der Waals surface area contributed by atoms with Gasteiger partial charge < -0.3 is 0 Å². The number of nitrogens with zero attached hydrogens (tertiary/aromatic N) is 2. The van der Waals surface area contributed by atoms with E-state index in [1.807, 2.05) is 42.5 Å². The fraction of sp³-hybridized carbons (Fsp3) is 0. The van der Waals surface area contributed by atoms with Crippen LogP contribution in [-0.4, -0.2) is 9.66 Å². The molecule has 1 heterocycles. The molecule has 25 heavy (non-hydrogen) atoms. The van der Waals surface area contributed by atoms with Gasteiger partial charge in [-0.3, -0.25) is 10.2 Å². The van der Waals surface area contributed by atoms with Crippen molar-refractivity contribution < 1.29 is 4.39 Å². The van der Waals surface area contributed by atoms with Gasteiger partial charge in [0.2, 0.25) is 0 Å². The van der Waals surface area contributed by atoms with Crippen molar-refractivity contribution in [2.75, 3.05) is 5.43 Å². The van der Waals surface area contributed by atoms with E-state index in [1.54, 1.807) is 24.3 Å². The number of rotatable bonds is 3. The predicted molar refractivity (Wildman–Crippen MR) is 96.9 cm³/mol. The zero-order valence-electron chi connectivity index (χ0n) is 13.2. The van der Waals surface area contributed by atoms with Gasteiger partial charge in [0.05, 0.1) is 16.6 Å². The number of para-hydroxylation sites is 1. The molecule has 0 fully saturated rings. The highest BCUT2D eigenvalue weighted by Crippen LogP contribution is 2.19. The SMILES string of the molecule is O=c1c2ccccc2nc(-c2ccccc2)n1Nc1ccc(F)cc1. The largest absolute Gasteiger partial charge is 0.290 e. The maximum atomic E-state index is 13.1. The molecule has 0 unspecified atom stereocenters. The topological polar surface area (TPSA) is 46.9 Å². The molecule has 3 aromatic carbocycles. The van der Waals surface area contributed by atoms with E-state index < -0.39 is 0 Å². The van der Waals surface area contributed by atoms with E-state index >= 15 is 0 Å². The first-order valence-electron chi connectivity index (χ1n) is 7.82. The van der Waals surface area contributed by atoms with Crippen LogP contribution in [0.4, 0.5) is 10.1 Å². The Labute approximate surface area is 143 Å². The van der Waals surface area contributed by atoms with Gasteiger partial charge in [0, 0.05) is 5.56 Å². The Bertz CT molecular complexity index is 1090. The van der Waals surface area contributed by atoms with Crippen LogP contribution in [0.15, 0.2) is 83.7 Å². The summed E-state index contributed by atoms with van der Waals surface area (Å²) in [5.41, 5.74) is 4.85. The van der Waals surface area contributed by atoms with Crippen molar-refractivity contribution in [1.82, 2.24) is 9.66 Å². The Morgan fingerprint density at radius 1 is 0.840 bits per heavy atom. The summed E-state index contributed by atoms with van der Waals surface area (Å²) in [5, 5.41) is 0.511. The van der Waals surface area contributed by atoms with Crippen molar-refractivity contribution in [3.63, 3.8) is 0 Å². The first kappa shape index (κ1) is 15.1. The third-order valence-electron chi connectivity index (χ3n) is 3.89. The van der Waals surface area contributed by atoms with Crippen molar-refractivity contribution in [2.45, 2.75) is 0 Å². The zero-order valence-corrected chi connectivity index (χ0v) is 13.2. The molecule has 0 aliphatic rings. The Hall–Kier alpha value is -3.47. The number of halogens is 1. The molecule has 5 heteroatoms. The molecular formula is C20H14FN3O. The lowest BCUT2D eigenvalue weighted by molar-refractivity contribution is 0.628. The van der Waals surface area contributed by atoms with E-state index in [9.17, 15) is 9.18 Å². The van der Waals surface area contributed by atoms with Crippen LogP contribution < -0.4 is 11.0 Å². The van der Waals surface area contributed by atoms with Crippen molar-refractivity contribution in [3.05, 3.63) is 95.0 Å². The lowest BCUT2D eigenvalue weighted by atomic mass is 10.2. The number of fused-ring (bicyclic) bond motifs is 1. The monoisotopic (exact) mass is 331 g/mol. The molecule has 4 nitrogen and oxygen atoms in total. The summed E-state index contributed by atoms with van der Waals surface area (Å²) < 4.78 is 14.5. The fourth-order valence-electron chi connectivity index (χ4n) is 2.67. The van der Waals surface area contributed by atoms with Crippen LogP contribution in [0.2, 0.25) is 0 Å². The second kappa shape index (κ2) is 6.20. The molecule has 0 amide bonds. The Balaban J connectivity index is 1.95. The van der Waals surface area contributed by atoms with Crippen LogP contribution >= 0.6 is 0 Å². The van der Waals surface area contributed by atoms with Crippen molar-refractivity contribution in [3.8, 4) is 11.4 Å². The van der Waals surface area contributed by atoms with Gasteiger partial charge in [-0.2, -0.15) is 0 Å². The summed E-state index contributed by atoms with van der Waals surface area (Å²) >= 11 is 0. The number of hydrogen-bond acceptors (Lipinski definition) is 3. The van der Waals surface area contributed by atoms with Gasteiger partial charge in [-0.25, -0.2) is 14.1 Å². The molecule has 0 aliphatic heterocycles. The molecule has 0 atom stereocenters. The van der Waals surface area contributed by atoms with Crippen LogP contribution in [0.25, 0.3) is 22.3 Å². The summed E-state index contributed by atoms with van der Waals surface area (Å²) in [7, 11) is 0. The highest BCUT2D eigenvalue weighted by Gasteiger charge is 2.12. The van der Waals surface area contributed by atoms with Crippen LogP contribution in [-0.2, 0) is 0 Å². The van der Waals surface area contributed by atoms with Gasteiger partial charge in [-0.15, -0.1) is 0 Å². The molecule has 0 bridgehead atoms. The molecule has 1 N–H and O–H groups in total. The van der Waals surface area contributed by atoms with Gasteiger partial charge in [0.15, 0.2) is 5.82 Å². The number of hydrogen-bond donors (Lipinski definition) is 1. The Morgan fingerprint density at radius 2 is 1.52 bits per heavy atom. The molecule has 0 saturated carbocycles. The number of anilines is 1. The first-order chi connectivity index (χ1) is 12.2. The van der Waals surface area contributed by atoms with E-state index in [4.69, 9.17) is 0 Å². The van der Waals surface area contributed by atoms with Gasteiger partial charge >= 0.3 is 0 Å². The van der Waals surface area contributed by atoms with E-state index in [0.717, 1.165) is 5.56 Å². The average Bonchev–Trinajstić information content (AvgIpc) is 2.66. The van der Waals surface area contributed by atoms with E-state index in [1.165, 1.54) is 16.8 Å². The van der Waals surface area contributed by atoms with Gasteiger partial charge in [0.25, 0.3) is 5.56 Å². The van der Waals surface area contributed by atoms with Gasteiger partial charge in [-0.1, -0.05) is 42.5 Å². The fourth-order valence-corrected chi connectivity index (χ4v) is 2.67. The van der Waals surface area contributed by atoms with Crippen LogP contribution in [0.5, 0.6) is 0 Å². The second-order valence-electron chi connectivity index (χ2n) is 5.58. The number of benzene rings is 3. The maximum Gasteiger partial charge on any atom is 0.280 e. The van der Waals surface area contributed by atoms with E-state index in [0.29, 0.717) is 22.4 Å². The zero-order chi connectivity index (χ0) is 17.2. The smallest absolute Gasteiger partial charge is 0.280 e. The third-order valence-corrected chi connectivity index (χ3v) is 3.89. The first-order valence-corrected chi connectivity index (χ1v) is 7.82. The summed E-state index contributed by atoms with van der Waals surface area (Å²) in [5.74, 6) is 0.159. The molecule has 122 valence electrons. The van der Waals surface area contributed by atoms with Crippen molar-refractivity contribution in [1.29, 1.82) is 0 Å². The molecule has 1 aromatic heterocycles. The minimum atomic E-state index is -0.335. The average molecular weight is 331 g/mol. The molecular weight excluding hydrogens is 317 g/mol. The summed E-state index contributed by atoms with van der Waals surface area (Å²) in [6, 6.07) is 22.5. The van der Waals surface area contributed by atoms with Crippen molar-refractivity contribution in [2.24, 2.45) is 0 Å². The maximum absolute atomic E-state index is 13.1. The molecule has 0 aliphatic carbocycles. The van der Waals surface area contributed by atoms with Crippen LogP contribution in [0, 0.1) is 5.82 Å². The number of nitrogens with one attached hydrogen (secondary N) is 1. The van der Waals surface area contributed by atoms with Crippen LogP contribution in [0.3, 0.4) is 0 Å². The highest BCUT2D eigenvalue weighted by atomic mass is 19.1. The lowest BCUT2D eigenvalue weighted by Gasteiger charge is -2.15. The number of aromatic nitrogens is 2. The van der Waals surface area contributed by atoms with Gasteiger partial charge in [0.1, 0.15) is 5.82 Å². The standard InChI is InChI=1S/C20H14FN3O/c21-15-10-12-16(13-11-15)23-24-19(14-6-2-1-3-7-14)22-18-9-5-4-8-17(18)20(24)25/h1-13,23H. The predicted octanol–water partition coefficient (Wildman–Crippen LogP) is 4.08. The molecule has 4 rings (SSSR count). The lowest BCUT2D eigenvalue weighted by Crippen LogP contribution is -2.29. The quantitative estimate of drug-likeness (QED) is 0.615. The molecule has 4 aromatic rings. The highest BCUT2D eigenvalue weighted by molar-refractivity contribution is 5.80. The normalized spacial score (nSPS) is 10.8. The second-order valence-corrected chi connectivity index (χ2v) is 5.58. The Kier molecular flexibility index (Phi) is 3.74. The summed E-state index contributed by atoms with van der Waals surface area (Å²) in [4.78, 5) is 17.6. The molecule has 0 saturated heterocycles. The van der Waals surface area contributed by atoms with E-state index in [-0.39, 0.29) is 11.4 Å². The van der Waals surface area contributed by atoms with Gasteiger partial charge in [-0.05, 0) is 36.4 Å². The molecule has 0 spiro atoms. The summed E-state index contributed by atoms with van der Waals surface area (Å²) in [6.45, 7) is 0. The van der Waals surface area contributed by atoms with Crippen LogP contribution in [0.1, 0.15) is 0 Å². The van der Waals surface area contributed by atoms with E-state index in [2.05, 4.69) is 10.4 Å². The van der Waals surface area contributed by atoms with Crippen molar-refractivity contribution >= 4 is 16.6 Å². The Morgan fingerprint density at radius 3 is 2.28 bits per heavy atom. The minimum absolute atomic E-state index is 0.214. The minimum Gasteiger partial charge on any atom is -0.290 e. The third kappa shape index (κ3) is 2.87.